The second kappa shape index (κ2) is 6.08. The van der Waals surface area contributed by atoms with Gasteiger partial charge in [0, 0.05) is 30.6 Å². The van der Waals surface area contributed by atoms with Crippen LogP contribution in [0.2, 0.25) is 0 Å². The van der Waals surface area contributed by atoms with E-state index in [1.54, 1.807) is 0 Å². The molecule has 3 rings (SSSR count). The maximum absolute atomic E-state index is 3.41. The highest BCUT2D eigenvalue weighted by Gasteiger charge is 2.14. The number of hydrogen-bond donors (Lipinski definition) is 1. The number of likely N-dealkylation sites (N-methyl/N-ethyl adjacent to an activating group) is 1. The summed E-state index contributed by atoms with van der Waals surface area (Å²) in [6.07, 6.45) is 1.14. The molecule has 0 bridgehead atoms. The zero-order valence-corrected chi connectivity index (χ0v) is 13.0. The molecule has 106 valence electrons. The Labute approximate surface area is 125 Å². The fourth-order valence-electron chi connectivity index (χ4n) is 2.77. The van der Waals surface area contributed by atoms with Gasteiger partial charge in [0.15, 0.2) is 0 Å². The average Bonchev–Trinajstić information content (AvgIpc) is 3.08. The molecule has 0 saturated carbocycles. The van der Waals surface area contributed by atoms with Gasteiger partial charge in [-0.1, -0.05) is 24.3 Å². The SMILES string of the molecule is CC(Cc1cccs1)N(C)Cc1ccc2c(c1)CNC2. The normalized spacial score (nSPS) is 15.6. The summed E-state index contributed by atoms with van der Waals surface area (Å²) < 4.78 is 0. The summed E-state index contributed by atoms with van der Waals surface area (Å²) in [6.45, 7) is 5.40. The van der Waals surface area contributed by atoms with Gasteiger partial charge < -0.3 is 5.32 Å². The van der Waals surface area contributed by atoms with E-state index in [1.165, 1.54) is 21.6 Å². The maximum Gasteiger partial charge on any atom is 0.0233 e. The second-order valence-corrected chi connectivity index (χ2v) is 6.79. The van der Waals surface area contributed by atoms with Gasteiger partial charge in [-0.2, -0.15) is 0 Å². The molecule has 20 heavy (non-hydrogen) atoms. The van der Waals surface area contributed by atoms with Crippen LogP contribution in [-0.2, 0) is 26.1 Å². The lowest BCUT2D eigenvalue weighted by Crippen LogP contribution is -2.30. The molecule has 1 N–H and O–H groups in total. The number of nitrogens with one attached hydrogen (secondary N) is 1. The minimum absolute atomic E-state index is 0.569. The van der Waals surface area contributed by atoms with Crippen molar-refractivity contribution in [1.29, 1.82) is 0 Å². The van der Waals surface area contributed by atoms with Gasteiger partial charge in [0.1, 0.15) is 0 Å². The van der Waals surface area contributed by atoms with Gasteiger partial charge >= 0.3 is 0 Å². The van der Waals surface area contributed by atoms with Gasteiger partial charge in [0.05, 0.1) is 0 Å². The van der Waals surface area contributed by atoms with E-state index in [-0.39, 0.29) is 0 Å². The van der Waals surface area contributed by atoms with Gasteiger partial charge in [0.25, 0.3) is 0 Å². The molecule has 0 saturated heterocycles. The Balaban J connectivity index is 1.62. The molecule has 0 spiro atoms. The van der Waals surface area contributed by atoms with E-state index in [2.05, 4.69) is 59.9 Å². The predicted molar refractivity (Wildman–Crippen MR) is 85.9 cm³/mol. The third kappa shape index (κ3) is 3.11. The van der Waals surface area contributed by atoms with Gasteiger partial charge in [-0.15, -0.1) is 11.3 Å². The Morgan fingerprint density at radius 1 is 1.25 bits per heavy atom. The Hall–Kier alpha value is -1.16. The Morgan fingerprint density at radius 2 is 2.10 bits per heavy atom. The van der Waals surface area contributed by atoms with Crippen molar-refractivity contribution in [3.8, 4) is 0 Å². The Morgan fingerprint density at radius 3 is 2.90 bits per heavy atom. The Bertz CT molecular complexity index is 562. The molecule has 2 nitrogen and oxygen atoms in total. The standard InChI is InChI=1S/C17H22N2S/c1-13(8-17-4-3-7-20-17)19(2)12-14-5-6-15-10-18-11-16(15)9-14/h3-7,9,13,18H,8,10-12H2,1-2H3. The molecular weight excluding hydrogens is 264 g/mol. The third-order valence-corrected chi connectivity index (χ3v) is 5.06. The van der Waals surface area contributed by atoms with E-state index in [1.807, 2.05) is 11.3 Å². The van der Waals surface area contributed by atoms with Crippen LogP contribution < -0.4 is 5.32 Å². The van der Waals surface area contributed by atoms with Crippen LogP contribution in [0.25, 0.3) is 0 Å². The highest BCUT2D eigenvalue weighted by Crippen LogP contribution is 2.19. The van der Waals surface area contributed by atoms with E-state index in [9.17, 15) is 0 Å². The molecule has 1 atom stereocenters. The summed E-state index contributed by atoms with van der Waals surface area (Å²) in [5.74, 6) is 0. The lowest BCUT2D eigenvalue weighted by molar-refractivity contribution is 0.249. The number of benzene rings is 1. The van der Waals surface area contributed by atoms with Crippen LogP contribution in [0.15, 0.2) is 35.7 Å². The van der Waals surface area contributed by atoms with Gasteiger partial charge in [-0.25, -0.2) is 0 Å². The van der Waals surface area contributed by atoms with Crippen molar-refractivity contribution in [1.82, 2.24) is 10.2 Å². The van der Waals surface area contributed by atoms with Crippen molar-refractivity contribution in [3.63, 3.8) is 0 Å². The summed E-state index contributed by atoms with van der Waals surface area (Å²) in [5.41, 5.74) is 4.36. The predicted octanol–water partition coefficient (Wildman–Crippen LogP) is 3.41. The zero-order chi connectivity index (χ0) is 13.9. The van der Waals surface area contributed by atoms with E-state index in [0.717, 1.165) is 26.1 Å². The molecule has 3 heteroatoms. The minimum atomic E-state index is 0.569. The van der Waals surface area contributed by atoms with Gasteiger partial charge in [0.2, 0.25) is 0 Å². The molecule has 1 aromatic carbocycles. The number of hydrogen-bond acceptors (Lipinski definition) is 3. The fraction of sp³-hybridized carbons (Fsp3) is 0.412. The number of rotatable bonds is 5. The van der Waals surface area contributed by atoms with Crippen LogP contribution in [0.5, 0.6) is 0 Å². The van der Waals surface area contributed by atoms with Crippen LogP contribution in [0, 0.1) is 0 Å². The van der Waals surface area contributed by atoms with E-state index in [0.29, 0.717) is 6.04 Å². The summed E-state index contributed by atoms with van der Waals surface area (Å²) in [6, 6.07) is 11.9. The molecule has 0 radical (unpaired) electrons. The van der Waals surface area contributed by atoms with E-state index < -0.39 is 0 Å². The number of thiophene rings is 1. The summed E-state index contributed by atoms with van der Waals surface area (Å²) in [5, 5.41) is 5.57. The lowest BCUT2D eigenvalue weighted by Gasteiger charge is -2.24. The van der Waals surface area contributed by atoms with Crippen molar-refractivity contribution in [2.75, 3.05) is 7.05 Å². The maximum atomic E-state index is 3.41. The highest BCUT2D eigenvalue weighted by atomic mass is 32.1. The van der Waals surface area contributed by atoms with Gasteiger partial charge in [-0.05, 0) is 48.5 Å². The molecule has 1 aromatic heterocycles. The molecule has 1 aliphatic rings. The first-order valence-electron chi connectivity index (χ1n) is 7.26. The first-order valence-corrected chi connectivity index (χ1v) is 8.14. The number of nitrogens with zero attached hydrogens (tertiary/aromatic N) is 1. The molecule has 0 amide bonds. The van der Waals surface area contributed by atoms with Crippen molar-refractivity contribution in [3.05, 3.63) is 57.3 Å². The first kappa shape index (κ1) is 13.8. The smallest absolute Gasteiger partial charge is 0.0233 e. The zero-order valence-electron chi connectivity index (χ0n) is 12.2. The Kier molecular flexibility index (Phi) is 4.20. The van der Waals surface area contributed by atoms with Crippen molar-refractivity contribution < 1.29 is 0 Å². The highest BCUT2D eigenvalue weighted by molar-refractivity contribution is 7.09. The van der Waals surface area contributed by atoms with Crippen LogP contribution in [-0.4, -0.2) is 18.0 Å². The average molecular weight is 286 g/mol. The van der Waals surface area contributed by atoms with Crippen LogP contribution in [0.1, 0.15) is 28.5 Å². The molecule has 0 fully saturated rings. The quantitative estimate of drug-likeness (QED) is 0.906. The largest absolute Gasteiger partial charge is 0.309 e. The van der Waals surface area contributed by atoms with Crippen LogP contribution in [0.4, 0.5) is 0 Å². The molecule has 1 aliphatic heterocycles. The molecule has 2 aromatic rings. The topological polar surface area (TPSA) is 15.3 Å². The van der Waals surface area contributed by atoms with Crippen LogP contribution >= 0.6 is 11.3 Å². The monoisotopic (exact) mass is 286 g/mol. The second-order valence-electron chi connectivity index (χ2n) is 5.75. The fourth-order valence-corrected chi connectivity index (χ4v) is 3.59. The van der Waals surface area contributed by atoms with Gasteiger partial charge in [-0.3, -0.25) is 4.90 Å². The lowest BCUT2D eigenvalue weighted by atomic mass is 10.1. The molecule has 2 heterocycles. The van der Waals surface area contributed by atoms with Crippen molar-refractivity contribution in [2.45, 2.75) is 39.0 Å². The minimum Gasteiger partial charge on any atom is -0.309 e. The summed E-state index contributed by atoms with van der Waals surface area (Å²) >= 11 is 1.86. The van der Waals surface area contributed by atoms with Crippen LogP contribution in [0.3, 0.4) is 0 Å². The molecular formula is C17H22N2S. The third-order valence-electron chi connectivity index (χ3n) is 4.16. The first-order chi connectivity index (χ1) is 9.72. The summed E-state index contributed by atoms with van der Waals surface area (Å²) in [7, 11) is 2.23. The molecule has 1 unspecified atom stereocenters. The van der Waals surface area contributed by atoms with Crippen molar-refractivity contribution in [2.24, 2.45) is 0 Å². The van der Waals surface area contributed by atoms with E-state index in [4.69, 9.17) is 0 Å². The van der Waals surface area contributed by atoms with Crippen molar-refractivity contribution >= 4 is 11.3 Å². The molecule has 0 aliphatic carbocycles. The van der Waals surface area contributed by atoms with E-state index >= 15 is 0 Å². The number of fused-ring (bicyclic) bond motifs is 1. The summed E-state index contributed by atoms with van der Waals surface area (Å²) in [4.78, 5) is 3.92.